The molecule has 0 saturated heterocycles. The summed E-state index contributed by atoms with van der Waals surface area (Å²) < 4.78 is 0. The molecule has 2 rings (SSSR count). The molecule has 0 aliphatic rings. The highest BCUT2D eigenvalue weighted by molar-refractivity contribution is 7.12. The van der Waals surface area contributed by atoms with E-state index in [0.717, 1.165) is 18.0 Å². The van der Waals surface area contributed by atoms with Crippen LogP contribution in [0.5, 0.6) is 0 Å². The van der Waals surface area contributed by atoms with E-state index in [2.05, 4.69) is 44.3 Å². The Morgan fingerprint density at radius 2 is 1.89 bits per heavy atom. The van der Waals surface area contributed by atoms with Crippen molar-refractivity contribution < 1.29 is 0 Å². The molecule has 1 unspecified atom stereocenters. The first-order valence-electron chi connectivity index (χ1n) is 6.65. The summed E-state index contributed by atoms with van der Waals surface area (Å²) in [5.74, 6) is 0. The first-order valence-corrected chi connectivity index (χ1v) is 7.84. The largest absolute Gasteiger partial charge is 0.305 e. The van der Waals surface area contributed by atoms with Crippen LogP contribution in [0, 0.1) is 13.8 Å². The molecule has 0 saturated carbocycles. The number of aryl methyl sites for hydroxylation is 2. The number of rotatable bonds is 5. The van der Waals surface area contributed by atoms with Crippen LogP contribution in [0.15, 0.2) is 30.3 Å². The maximum Gasteiger partial charge on any atom is 0.0406 e. The molecule has 1 heterocycles. The fourth-order valence-corrected chi connectivity index (χ4v) is 3.28. The topological polar surface area (TPSA) is 12.0 Å². The van der Waals surface area contributed by atoms with Crippen molar-refractivity contribution in [2.45, 2.75) is 39.8 Å². The Morgan fingerprint density at radius 3 is 2.42 bits per heavy atom. The van der Waals surface area contributed by atoms with Gasteiger partial charge in [-0.3, -0.25) is 0 Å². The lowest BCUT2D eigenvalue weighted by atomic mass is 10.0. The third kappa shape index (κ3) is 3.82. The molecule has 3 heteroatoms. The van der Waals surface area contributed by atoms with Crippen LogP contribution >= 0.6 is 22.9 Å². The normalized spacial score (nSPS) is 12.6. The Kier molecular flexibility index (Phi) is 5.03. The Bertz CT molecular complexity index is 511. The standard InChI is InChI=1S/C16H20ClNS/c1-4-16(13-5-7-14(17)8-6-13)18-10-15-9-11(2)12(3)19-15/h5-9,16,18H,4,10H2,1-3H3. The Labute approximate surface area is 124 Å². The Balaban J connectivity index is 2.01. The maximum absolute atomic E-state index is 5.93. The first-order chi connectivity index (χ1) is 9.10. The summed E-state index contributed by atoms with van der Waals surface area (Å²) in [7, 11) is 0. The molecule has 0 spiro atoms. The molecule has 2 aromatic rings. The van der Waals surface area contributed by atoms with Gasteiger partial charge in [0.2, 0.25) is 0 Å². The number of halogens is 1. The molecule has 0 aliphatic carbocycles. The molecule has 1 N–H and O–H groups in total. The van der Waals surface area contributed by atoms with Crippen LogP contribution in [0.25, 0.3) is 0 Å². The molecule has 1 atom stereocenters. The van der Waals surface area contributed by atoms with Gasteiger partial charge in [-0.2, -0.15) is 0 Å². The number of hydrogen-bond donors (Lipinski definition) is 1. The van der Waals surface area contributed by atoms with Crippen LogP contribution in [-0.2, 0) is 6.54 Å². The number of thiophene rings is 1. The van der Waals surface area contributed by atoms with Gasteiger partial charge in [-0.15, -0.1) is 11.3 Å². The first kappa shape index (κ1) is 14.6. The van der Waals surface area contributed by atoms with Gasteiger partial charge in [0.05, 0.1) is 0 Å². The van der Waals surface area contributed by atoms with E-state index in [0.29, 0.717) is 6.04 Å². The highest BCUT2D eigenvalue weighted by atomic mass is 35.5. The zero-order valence-corrected chi connectivity index (χ0v) is 13.2. The third-order valence-corrected chi connectivity index (χ3v) is 4.82. The highest BCUT2D eigenvalue weighted by Gasteiger charge is 2.09. The van der Waals surface area contributed by atoms with Crippen LogP contribution in [0.4, 0.5) is 0 Å². The van der Waals surface area contributed by atoms with Gasteiger partial charge in [-0.25, -0.2) is 0 Å². The fourth-order valence-electron chi connectivity index (χ4n) is 2.15. The zero-order valence-electron chi connectivity index (χ0n) is 11.7. The van der Waals surface area contributed by atoms with E-state index >= 15 is 0 Å². The zero-order chi connectivity index (χ0) is 13.8. The van der Waals surface area contributed by atoms with E-state index in [1.165, 1.54) is 20.9 Å². The van der Waals surface area contributed by atoms with Crippen molar-refractivity contribution in [1.29, 1.82) is 0 Å². The van der Waals surface area contributed by atoms with Crippen molar-refractivity contribution in [3.05, 3.63) is 56.2 Å². The summed E-state index contributed by atoms with van der Waals surface area (Å²) in [6, 6.07) is 10.8. The molecule has 1 aromatic carbocycles. The molecule has 102 valence electrons. The monoisotopic (exact) mass is 293 g/mol. The Hall–Kier alpha value is -0.830. The predicted octanol–water partition coefficient (Wildman–Crippen LogP) is 5.26. The quantitative estimate of drug-likeness (QED) is 0.793. The summed E-state index contributed by atoms with van der Waals surface area (Å²) >= 11 is 7.81. The number of nitrogens with one attached hydrogen (secondary N) is 1. The summed E-state index contributed by atoms with van der Waals surface area (Å²) in [5.41, 5.74) is 2.69. The van der Waals surface area contributed by atoms with E-state index in [4.69, 9.17) is 11.6 Å². The van der Waals surface area contributed by atoms with Gasteiger partial charge < -0.3 is 5.32 Å². The smallest absolute Gasteiger partial charge is 0.0406 e. The van der Waals surface area contributed by atoms with E-state index in [9.17, 15) is 0 Å². The minimum Gasteiger partial charge on any atom is -0.305 e. The minimum absolute atomic E-state index is 0.389. The average Bonchev–Trinajstić information content (AvgIpc) is 2.71. The van der Waals surface area contributed by atoms with Gasteiger partial charge in [0.15, 0.2) is 0 Å². The average molecular weight is 294 g/mol. The summed E-state index contributed by atoms with van der Waals surface area (Å²) in [4.78, 5) is 2.82. The lowest BCUT2D eigenvalue weighted by Gasteiger charge is -2.17. The van der Waals surface area contributed by atoms with Crippen LogP contribution in [0.3, 0.4) is 0 Å². The molecular weight excluding hydrogens is 274 g/mol. The van der Waals surface area contributed by atoms with E-state index < -0.39 is 0 Å². The van der Waals surface area contributed by atoms with Gasteiger partial charge in [-0.1, -0.05) is 30.7 Å². The van der Waals surface area contributed by atoms with Crippen LogP contribution in [-0.4, -0.2) is 0 Å². The molecule has 0 bridgehead atoms. The molecule has 0 fully saturated rings. The van der Waals surface area contributed by atoms with Gasteiger partial charge >= 0.3 is 0 Å². The van der Waals surface area contributed by atoms with Crippen molar-refractivity contribution in [1.82, 2.24) is 5.32 Å². The predicted molar refractivity (Wildman–Crippen MR) is 85.1 cm³/mol. The van der Waals surface area contributed by atoms with Crippen LogP contribution in [0.1, 0.15) is 40.3 Å². The molecule has 0 radical (unpaired) electrons. The van der Waals surface area contributed by atoms with Crippen molar-refractivity contribution in [3.8, 4) is 0 Å². The van der Waals surface area contributed by atoms with Gasteiger partial charge in [0.25, 0.3) is 0 Å². The molecule has 0 amide bonds. The van der Waals surface area contributed by atoms with Gasteiger partial charge in [0.1, 0.15) is 0 Å². The lowest BCUT2D eigenvalue weighted by Crippen LogP contribution is -2.19. The molecular formula is C16H20ClNS. The van der Waals surface area contributed by atoms with E-state index in [1.54, 1.807) is 0 Å². The van der Waals surface area contributed by atoms with Crippen molar-refractivity contribution >= 4 is 22.9 Å². The molecule has 0 aliphatic heterocycles. The number of hydrogen-bond acceptors (Lipinski definition) is 2. The lowest BCUT2D eigenvalue weighted by molar-refractivity contribution is 0.522. The Morgan fingerprint density at radius 1 is 1.21 bits per heavy atom. The van der Waals surface area contributed by atoms with Crippen LogP contribution in [0.2, 0.25) is 5.02 Å². The van der Waals surface area contributed by atoms with Crippen molar-refractivity contribution in [2.75, 3.05) is 0 Å². The third-order valence-electron chi connectivity index (χ3n) is 3.42. The number of benzene rings is 1. The fraction of sp³-hybridized carbons (Fsp3) is 0.375. The second-order valence-corrected chi connectivity index (χ2v) is 6.62. The van der Waals surface area contributed by atoms with Crippen LogP contribution < -0.4 is 5.32 Å². The van der Waals surface area contributed by atoms with E-state index in [-0.39, 0.29) is 0 Å². The molecule has 1 nitrogen and oxygen atoms in total. The van der Waals surface area contributed by atoms with Crippen molar-refractivity contribution in [3.63, 3.8) is 0 Å². The summed E-state index contributed by atoms with van der Waals surface area (Å²) in [6.07, 6.45) is 1.07. The maximum atomic E-state index is 5.93. The molecule has 19 heavy (non-hydrogen) atoms. The summed E-state index contributed by atoms with van der Waals surface area (Å²) in [5, 5.41) is 4.42. The van der Waals surface area contributed by atoms with Crippen molar-refractivity contribution in [2.24, 2.45) is 0 Å². The van der Waals surface area contributed by atoms with Gasteiger partial charge in [-0.05, 0) is 49.6 Å². The van der Waals surface area contributed by atoms with Gasteiger partial charge in [0, 0.05) is 27.4 Å². The highest BCUT2D eigenvalue weighted by Crippen LogP contribution is 2.23. The summed E-state index contributed by atoms with van der Waals surface area (Å²) in [6.45, 7) is 7.49. The SMILES string of the molecule is CCC(NCc1cc(C)c(C)s1)c1ccc(Cl)cc1. The second-order valence-electron chi connectivity index (χ2n) is 4.85. The molecule has 1 aromatic heterocycles. The second kappa shape index (κ2) is 6.56. The van der Waals surface area contributed by atoms with E-state index in [1.807, 2.05) is 23.5 Å². The minimum atomic E-state index is 0.389.